The van der Waals surface area contributed by atoms with Gasteiger partial charge < -0.3 is 9.64 Å². The van der Waals surface area contributed by atoms with Gasteiger partial charge >= 0.3 is 5.97 Å². The summed E-state index contributed by atoms with van der Waals surface area (Å²) in [6.07, 6.45) is 5.79. The number of nitrogens with zero attached hydrogens (tertiary/aromatic N) is 1. The molecule has 5 heteroatoms. The SMILES string of the molecule is CCOC(=O)CCCCCN1C(=O)CCCc2sccc21. The molecule has 0 saturated heterocycles. The second-order valence-electron chi connectivity index (χ2n) is 5.24. The molecular formula is C16H23NO3S. The minimum absolute atomic E-state index is 0.122. The third-order valence-corrected chi connectivity index (χ3v) is 4.65. The maximum atomic E-state index is 12.2. The van der Waals surface area contributed by atoms with Gasteiger partial charge in [0, 0.05) is 24.3 Å². The predicted molar refractivity (Wildman–Crippen MR) is 84.7 cm³/mol. The Bertz CT molecular complexity index is 484. The number of carbonyl (C=O) groups is 2. The van der Waals surface area contributed by atoms with Crippen molar-refractivity contribution in [2.45, 2.75) is 51.9 Å². The van der Waals surface area contributed by atoms with Gasteiger partial charge in [-0.15, -0.1) is 11.3 Å². The van der Waals surface area contributed by atoms with Gasteiger partial charge in [0.2, 0.25) is 5.91 Å². The Kier molecular flexibility index (Phi) is 6.23. The largest absolute Gasteiger partial charge is 0.466 e. The molecule has 1 aromatic rings. The molecule has 2 rings (SSSR count). The summed E-state index contributed by atoms with van der Waals surface area (Å²) in [7, 11) is 0. The molecule has 0 atom stereocenters. The van der Waals surface area contributed by atoms with Crippen molar-refractivity contribution in [1.29, 1.82) is 0 Å². The van der Waals surface area contributed by atoms with Crippen molar-refractivity contribution in [1.82, 2.24) is 0 Å². The van der Waals surface area contributed by atoms with E-state index in [1.54, 1.807) is 11.3 Å². The molecule has 0 fully saturated rings. The van der Waals surface area contributed by atoms with Gasteiger partial charge in [0.1, 0.15) is 0 Å². The van der Waals surface area contributed by atoms with Gasteiger partial charge in [-0.05, 0) is 44.1 Å². The molecule has 0 saturated carbocycles. The van der Waals surface area contributed by atoms with Crippen LogP contribution in [-0.2, 0) is 20.7 Å². The number of rotatable bonds is 7. The molecule has 1 aromatic heterocycles. The van der Waals surface area contributed by atoms with E-state index >= 15 is 0 Å². The Morgan fingerprint density at radius 1 is 1.33 bits per heavy atom. The fraction of sp³-hybridized carbons (Fsp3) is 0.625. The summed E-state index contributed by atoms with van der Waals surface area (Å²) in [5.41, 5.74) is 1.10. The zero-order valence-corrected chi connectivity index (χ0v) is 13.4. The monoisotopic (exact) mass is 309 g/mol. The number of aryl methyl sites for hydroxylation is 1. The van der Waals surface area contributed by atoms with Crippen LogP contribution < -0.4 is 4.90 Å². The highest BCUT2D eigenvalue weighted by molar-refractivity contribution is 7.10. The molecule has 0 unspecified atom stereocenters. The molecule has 0 aromatic carbocycles. The highest BCUT2D eigenvalue weighted by Crippen LogP contribution is 2.31. The molecule has 0 radical (unpaired) electrons. The normalized spacial score (nSPS) is 14.7. The van der Waals surface area contributed by atoms with Crippen LogP contribution in [0, 0.1) is 0 Å². The average Bonchev–Trinajstić information content (AvgIpc) is 2.85. The van der Waals surface area contributed by atoms with E-state index in [-0.39, 0.29) is 11.9 Å². The molecule has 0 bridgehead atoms. The van der Waals surface area contributed by atoms with Crippen LogP contribution in [0.15, 0.2) is 11.4 Å². The number of hydrogen-bond donors (Lipinski definition) is 0. The Labute approximate surface area is 130 Å². The summed E-state index contributed by atoms with van der Waals surface area (Å²) in [6, 6.07) is 2.06. The summed E-state index contributed by atoms with van der Waals surface area (Å²) >= 11 is 1.74. The van der Waals surface area contributed by atoms with Crippen LogP contribution in [0.4, 0.5) is 5.69 Å². The van der Waals surface area contributed by atoms with E-state index in [2.05, 4.69) is 11.4 Å². The Morgan fingerprint density at radius 3 is 3.00 bits per heavy atom. The molecule has 0 aliphatic carbocycles. The lowest BCUT2D eigenvalue weighted by molar-refractivity contribution is -0.143. The van der Waals surface area contributed by atoms with E-state index in [1.165, 1.54) is 4.88 Å². The highest BCUT2D eigenvalue weighted by atomic mass is 32.1. The van der Waals surface area contributed by atoms with E-state index in [4.69, 9.17) is 4.74 Å². The zero-order chi connectivity index (χ0) is 15.1. The van der Waals surface area contributed by atoms with Gasteiger partial charge in [-0.3, -0.25) is 9.59 Å². The van der Waals surface area contributed by atoms with Crippen LogP contribution in [-0.4, -0.2) is 25.0 Å². The number of anilines is 1. The molecular weight excluding hydrogens is 286 g/mol. The van der Waals surface area contributed by atoms with Gasteiger partial charge in [0.25, 0.3) is 0 Å². The smallest absolute Gasteiger partial charge is 0.305 e. The molecule has 4 nitrogen and oxygen atoms in total. The number of carbonyl (C=O) groups excluding carboxylic acids is 2. The fourth-order valence-electron chi connectivity index (χ4n) is 2.63. The lowest BCUT2D eigenvalue weighted by atomic mass is 10.2. The van der Waals surface area contributed by atoms with Crippen LogP contribution in [0.25, 0.3) is 0 Å². The summed E-state index contributed by atoms with van der Waals surface area (Å²) in [4.78, 5) is 26.7. The van der Waals surface area contributed by atoms with Crippen molar-refractivity contribution < 1.29 is 14.3 Å². The third kappa shape index (κ3) is 4.56. The van der Waals surface area contributed by atoms with Crippen LogP contribution in [0.2, 0.25) is 0 Å². The van der Waals surface area contributed by atoms with Crippen LogP contribution in [0.1, 0.15) is 50.3 Å². The van der Waals surface area contributed by atoms with Gasteiger partial charge in [0.15, 0.2) is 0 Å². The lowest BCUT2D eigenvalue weighted by Gasteiger charge is -2.21. The zero-order valence-electron chi connectivity index (χ0n) is 12.6. The maximum absolute atomic E-state index is 12.2. The number of thiophene rings is 1. The average molecular weight is 309 g/mol. The number of unbranched alkanes of at least 4 members (excludes halogenated alkanes) is 2. The van der Waals surface area contributed by atoms with Crippen molar-refractivity contribution in [2.24, 2.45) is 0 Å². The van der Waals surface area contributed by atoms with Gasteiger partial charge in [0.05, 0.1) is 12.3 Å². The molecule has 1 amide bonds. The minimum atomic E-state index is -0.122. The van der Waals surface area contributed by atoms with Crippen LogP contribution >= 0.6 is 11.3 Å². The van der Waals surface area contributed by atoms with Gasteiger partial charge in [-0.2, -0.15) is 0 Å². The lowest BCUT2D eigenvalue weighted by Crippen LogP contribution is -2.30. The molecule has 1 aliphatic heterocycles. The second kappa shape index (κ2) is 8.17. The van der Waals surface area contributed by atoms with Gasteiger partial charge in [-0.25, -0.2) is 0 Å². The molecule has 0 N–H and O–H groups in total. The minimum Gasteiger partial charge on any atom is -0.466 e. The second-order valence-corrected chi connectivity index (χ2v) is 6.24. The first-order valence-electron chi connectivity index (χ1n) is 7.74. The quantitative estimate of drug-likeness (QED) is 0.571. The summed E-state index contributed by atoms with van der Waals surface area (Å²) < 4.78 is 4.91. The van der Waals surface area contributed by atoms with Crippen LogP contribution in [0.3, 0.4) is 0 Å². The maximum Gasteiger partial charge on any atom is 0.305 e. The van der Waals surface area contributed by atoms with E-state index in [1.807, 2.05) is 11.8 Å². The van der Waals surface area contributed by atoms with Crippen LogP contribution in [0.5, 0.6) is 0 Å². The van der Waals surface area contributed by atoms with Crippen molar-refractivity contribution >= 4 is 28.9 Å². The van der Waals surface area contributed by atoms with E-state index in [0.717, 1.165) is 44.3 Å². The number of amides is 1. The van der Waals surface area contributed by atoms with E-state index < -0.39 is 0 Å². The first kappa shape index (κ1) is 16.0. The standard InChI is InChI=1S/C16H23NO3S/c1-2-20-16(19)9-4-3-5-11-17-13-10-12-21-14(13)7-6-8-15(17)18/h10,12H,2-9,11H2,1H3. The van der Waals surface area contributed by atoms with E-state index in [0.29, 0.717) is 19.4 Å². The third-order valence-electron chi connectivity index (χ3n) is 3.68. The predicted octanol–water partition coefficient (Wildman–Crippen LogP) is 3.54. The van der Waals surface area contributed by atoms with Crippen molar-refractivity contribution in [3.05, 3.63) is 16.3 Å². The van der Waals surface area contributed by atoms with Crippen molar-refractivity contribution in [2.75, 3.05) is 18.1 Å². The topological polar surface area (TPSA) is 46.6 Å². The number of hydrogen-bond acceptors (Lipinski definition) is 4. The Hall–Kier alpha value is -1.36. The first-order valence-corrected chi connectivity index (χ1v) is 8.62. The highest BCUT2D eigenvalue weighted by Gasteiger charge is 2.22. The Morgan fingerprint density at radius 2 is 2.19 bits per heavy atom. The molecule has 21 heavy (non-hydrogen) atoms. The molecule has 1 aliphatic rings. The van der Waals surface area contributed by atoms with E-state index in [9.17, 15) is 9.59 Å². The summed E-state index contributed by atoms with van der Waals surface area (Å²) in [5.74, 6) is 0.112. The fourth-order valence-corrected chi connectivity index (χ4v) is 3.55. The summed E-state index contributed by atoms with van der Waals surface area (Å²) in [5, 5.41) is 2.07. The van der Waals surface area contributed by atoms with Crippen molar-refractivity contribution in [3.8, 4) is 0 Å². The number of esters is 1. The summed E-state index contributed by atoms with van der Waals surface area (Å²) in [6.45, 7) is 3.02. The molecule has 116 valence electrons. The first-order chi connectivity index (χ1) is 10.2. The van der Waals surface area contributed by atoms with Crippen molar-refractivity contribution in [3.63, 3.8) is 0 Å². The number of fused-ring (bicyclic) bond motifs is 1. The molecule has 0 spiro atoms. The van der Waals surface area contributed by atoms with Gasteiger partial charge in [-0.1, -0.05) is 6.42 Å². The number of ether oxygens (including phenoxy) is 1. The Balaban J connectivity index is 1.77. The molecule has 2 heterocycles.